The van der Waals surface area contributed by atoms with Gasteiger partial charge in [0.25, 0.3) is 0 Å². The van der Waals surface area contributed by atoms with Gasteiger partial charge in [0.15, 0.2) is 0 Å². The Morgan fingerprint density at radius 3 is 1.60 bits per heavy atom. The van der Waals surface area contributed by atoms with Gasteiger partial charge in [0.2, 0.25) is 0 Å². The van der Waals surface area contributed by atoms with E-state index in [-0.39, 0.29) is 23.8 Å². The Labute approximate surface area is 44.9 Å². The van der Waals surface area contributed by atoms with E-state index in [1.807, 2.05) is 0 Å². The van der Waals surface area contributed by atoms with Gasteiger partial charge in [0.1, 0.15) is 0 Å². The Hall–Kier alpha value is -0.0597. The third-order valence-corrected chi connectivity index (χ3v) is 0. The molecule has 0 saturated carbocycles. The first-order chi connectivity index (χ1) is 1.73. The van der Waals surface area contributed by atoms with Crippen molar-refractivity contribution in [2.75, 3.05) is 0 Å². The first-order valence-electron chi connectivity index (χ1n) is 0.548. The average Bonchev–Trinajstić information content (AvgIpc) is 0.811. The van der Waals surface area contributed by atoms with Crippen LogP contribution in [0, 0.1) is 15.3 Å². The second kappa shape index (κ2) is 3.94. The van der Waals surface area contributed by atoms with Gasteiger partial charge in [-0.2, -0.15) is 0 Å². The molecule has 0 unspecified atom stereocenters. The fraction of sp³-hybridized carbons (Fsp3) is 0. The summed E-state index contributed by atoms with van der Waals surface area (Å²) in [5, 5.41) is 14.8. The van der Waals surface area contributed by atoms with Crippen LogP contribution in [0.15, 0.2) is 0 Å². The van der Waals surface area contributed by atoms with E-state index < -0.39 is 5.09 Å². The molecule has 0 fully saturated rings. The molecule has 0 aromatic carbocycles. The van der Waals surface area contributed by atoms with Gasteiger partial charge in [-0.15, -0.1) is 0 Å². The van der Waals surface area contributed by atoms with Crippen LogP contribution in [0.3, 0.4) is 0 Å². The van der Waals surface area contributed by atoms with Crippen LogP contribution < -0.4 is 0 Å². The second-order valence-corrected chi connectivity index (χ2v) is 0.224. The fourth-order valence-corrected chi connectivity index (χ4v) is 0. The smallest absolute Gasteiger partial charge is 0.356 e. The Morgan fingerprint density at radius 1 is 1.60 bits per heavy atom. The molecule has 0 aliphatic carbocycles. The van der Waals surface area contributed by atoms with E-state index in [4.69, 9.17) is 15.3 Å². The molecule has 5 heavy (non-hydrogen) atoms. The maximum atomic E-state index is 8.25. The third-order valence-electron chi connectivity index (χ3n) is 0. The topological polar surface area (TPSA) is 66.2 Å². The monoisotopic (exact) mass is 260 g/mol. The molecule has 4 nitrogen and oxygen atoms in total. The number of hydrogen-bond acceptors (Lipinski definition) is 3. The van der Waals surface area contributed by atoms with Crippen LogP contribution in [-0.4, -0.2) is 5.09 Å². The Bertz CT molecular complexity index is 33.8. The van der Waals surface area contributed by atoms with E-state index in [1.54, 1.807) is 0 Å². The van der Waals surface area contributed by atoms with Crippen molar-refractivity contribution >= 4 is 0 Å². The molecule has 0 spiro atoms. The predicted molar refractivity (Wildman–Crippen MR) is 11.5 cm³/mol. The minimum atomic E-state index is -1.75. The molecule has 34 valence electrons. The first kappa shape index (κ1) is 8.87. The van der Waals surface area contributed by atoms with Crippen LogP contribution in [0.25, 0.3) is 0 Å². The second-order valence-electron chi connectivity index (χ2n) is 0.224. The summed E-state index contributed by atoms with van der Waals surface area (Å²) in [7, 11) is 0. The molecule has 5 heteroatoms. The summed E-state index contributed by atoms with van der Waals surface area (Å²) in [5.41, 5.74) is 0. The van der Waals surface area contributed by atoms with Gasteiger partial charge in [-0.25, -0.2) is 0 Å². The third kappa shape index (κ3) is 4160. The largest absolute Gasteiger partial charge is 1.00 e. The molecule has 0 N–H and O–H groups in total. The van der Waals surface area contributed by atoms with Crippen LogP contribution in [-0.2, 0) is 22.4 Å². The maximum absolute atomic E-state index is 8.25. The van der Waals surface area contributed by atoms with E-state index in [1.165, 1.54) is 0 Å². The Morgan fingerprint density at radius 2 is 1.60 bits per heavy atom. The quantitative estimate of drug-likeness (QED) is 0.346. The maximum Gasteiger partial charge on any atom is 1.00 e. The summed E-state index contributed by atoms with van der Waals surface area (Å²) in [6.45, 7) is 0. The molecule has 0 aromatic heterocycles. The molecule has 0 saturated heterocycles. The molecule has 0 aliphatic heterocycles. The Kier molecular flexibility index (Phi) is 6.99. The molecule has 0 atom stereocenters. The molecule has 0 heterocycles. The molecule has 0 aliphatic rings. The van der Waals surface area contributed by atoms with E-state index in [9.17, 15) is 0 Å². The zero-order valence-electron chi connectivity index (χ0n) is 2.97. The van der Waals surface area contributed by atoms with E-state index >= 15 is 0 Å². The molecule has 0 radical (unpaired) electrons. The normalized spacial score (nSPS) is 4.80. The van der Waals surface area contributed by atoms with Gasteiger partial charge >= 0.3 is 23.8 Å². The standard InChI is InChI=1S/Au.NO3/c;2-1(3)4/q+1;-1/p+1. The minimum Gasteiger partial charge on any atom is -0.356 e. The van der Waals surface area contributed by atoms with Crippen LogP contribution in [0.1, 0.15) is 1.43 Å². The van der Waals surface area contributed by atoms with Gasteiger partial charge in [0.05, 0.1) is 5.09 Å². The van der Waals surface area contributed by atoms with Gasteiger partial charge in [-0.3, -0.25) is 0 Å². The summed E-state index contributed by atoms with van der Waals surface area (Å²) in [6.07, 6.45) is 0. The molecule has 0 aromatic rings. The molecule has 0 bridgehead atoms. The van der Waals surface area contributed by atoms with Crippen molar-refractivity contribution < 1.29 is 28.9 Å². The first-order valence-corrected chi connectivity index (χ1v) is 0.548. The SMILES string of the molecule is O=[N+]([O-])[O-].[Au+].[H+]. The van der Waals surface area contributed by atoms with E-state index in [0.717, 1.165) is 0 Å². The van der Waals surface area contributed by atoms with E-state index in [2.05, 4.69) is 0 Å². The summed E-state index contributed by atoms with van der Waals surface area (Å²) in [4.78, 5) is 8.25. The van der Waals surface area contributed by atoms with Gasteiger partial charge in [-0.1, -0.05) is 0 Å². The molecule has 0 amide bonds. The van der Waals surface area contributed by atoms with Gasteiger partial charge in [0, 0.05) is 0 Å². The minimum absolute atomic E-state index is 0. The summed E-state index contributed by atoms with van der Waals surface area (Å²) in [6, 6.07) is 0. The predicted octanol–water partition coefficient (Wildman–Crippen LogP) is -0.129. The van der Waals surface area contributed by atoms with Crippen LogP contribution in [0.2, 0.25) is 0 Å². The van der Waals surface area contributed by atoms with Gasteiger partial charge < -0.3 is 15.3 Å². The molecular formula is HAuNO3+. The molecular weight excluding hydrogens is 259 g/mol. The fourth-order valence-electron chi connectivity index (χ4n) is 0. The van der Waals surface area contributed by atoms with Crippen molar-refractivity contribution in [2.24, 2.45) is 0 Å². The van der Waals surface area contributed by atoms with Crippen LogP contribution in [0.4, 0.5) is 0 Å². The number of hydrogen-bond donors (Lipinski definition) is 0. The van der Waals surface area contributed by atoms with Crippen molar-refractivity contribution in [3.8, 4) is 0 Å². The zero-order chi connectivity index (χ0) is 3.58. The number of nitrogens with zero attached hydrogens (tertiary/aromatic N) is 1. The Balaban J connectivity index is -0.0000000450. The summed E-state index contributed by atoms with van der Waals surface area (Å²) >= 11 is 0. The summed E-state index contributed by atoms with van der Waals surface area (Å²) in [5.74, 6) is 0. The van der Waals surface area contributed by atoms with Crippen molar-refractivity contribution in [2.45, 2.75) is 0 Å². The van der Waals surface area contributed by atoms with Crippen LogP contribution >= 0.6 is 0 Å². The molecule has 0 rings (SSSR count). The van der Waals surface area contributed by atoms with Crippen molar-refractivity contribution in [1.82, 2.24) is 0 Å². The van der Waals surface area contributed by atoms with Gasteiger partial charge in [-0.05, 0) is 0 Å². The van der Waals surface area contributed by atoms with Crippen molar-refractivity contribution in [3.63, 3.8) is 0 Å². The summed E-state index contributed by atoms with van der Waals surface area (Å²) < 4.78 is 0. The van der Waals surface area contributed by atoms with Crippen LogP contribution in [0.5, 0.6) is 0 Å². The van der Waals surface area contributed by atoms with Crippen molar-refractivity contribution in [3.05, 3.63) is 15.3 Å². The zero-order valence-corrected chi connectivity index (χ0v) is 4.14. The average molecular weight is 260 g/mol. The van der Waals surface area contributed by atoms with Crippen molar-refractivity contribution in [1.29, 1.82) is 0 Å². The number of rotatable bonds is 0. The van der Waals surface area contributed by atoms with E-state index in [0.29, 0.717) is 0 Å².